The minimum absolute atomic E-state index is 0.0680. The molecule has 1 aliphatic rings. The van der Waals surface area contributed by atoms with Crippen molar-refractivity contribution < 1.29 is 37.0 Å². The van der Waals surface area contributed by atoms with E-state index in [9.17, 15) is 27.6 Å². The molecule has 1 fully saturated rings. The van der Waals surface area contributed by atoms with Gasteiger partial charge in [0.05, 0.1) is 23.8 Å². The van der Waals surface area contributed by atoms with Crippen LogP contribution in [0.3, 0.4) is 0 Å². The molecule has 0 saturated carbocycles. The smallest absolute Gasteiger partial charge is 0.294 e. The van der Waals surface area contributed by atoms with Crippen LogP contribution in [0.4, 0.5) is 23.7 Å². The van der Waals surface area contributed by atoms with Crippen molar-refractivity contribution in [2.45, 2.75) is 13.8 Å². The lowest BCUT2D eigenvalue weighted by Crippen LogP contribution is -2.36. The van der Waals surface area contributed by atoms with E-state index in [1.54, 1.807) is 18.2 Å². The fraction of sp³-hybridized carbons (Fsp3) is 0.227. The van der Waals surface area contributed by atoms with Gasteiger partial charge in [0.15, 0.2) is 29.0 Å². The molecule has 0 unspecified atom stereocenters. The first-order chi connectivity index (χ1) is 15.7. The van der Waals surface area contributed by atoms with Crippen LogP contribution in [0.25, 0.3) is 6.08 Å². The zero-order chi connectivity index (χ0) is 24.1. The average molecular weight is 480 g/mol. The molecular weight excluding hydrogens is 461 g/mol. The van der Waals surface area contributed by atoms with Gasteiger partial charge >= 0.3 is 0 Å². The molecule has 0 spiro atoms. The van der Waals surface area contributed by atoms with Crippen molar-refractivity contribution >= 4 is 40.6 Å². The van der Waals surface area contributed by atoms with E-state index in [0.717, 1.165) is 6.07 Å². The van der Waals surface area contributed by atoms with Crippen molar-refractivity contribution in [3.8, 4) is 11.5 Å². The van der Waals surface area contributed by atoms with Gasteiger partial charge in [-0.3, -0.25) is 19.3 Å². The first kappa shape index (κ1) is 24.2. The van der Waals surface area contributed by atoms with Crippen molar-refractivity contribution in [1.82, 2.24) is 4.90 Å². The molecule has 174 valence electrons. The summed E-state index contributed by atoms with van der Waals surface area (Å²) in [6.45, 7) is 3.75. The number of rotatable bonds is 8. The molecule has 3 amide bonds. The summed E-state index contributed by atoms with van der Waals surface area (Å²) in [4.78, 5) is 37.8. The van der Waals surface area contributed by atoms with Crippen molar-refractivity contribution in [2.24, 2.45) is 0 Å². The normalized spacial score (nSPS) is 14.7. The number of carbonyl (C=O) groups is 3. The topological polar surface area (TPSA) is 84.9 Å². The Balaban J connectivity index is 1.74. The molecule has 2 aromatic rings. The zero-order valence-electron chi connectivity index (χ0n) is 17.6. The Labute approximate surface area is 191 Å². The number of imide groups is 1. The van der Waals surface area contributed by atoms with Crippen LogP contribution in [-0.4, -0.2) is 41.7 Å². The number of halogens is 3. The van der Waals surface area contributed by atoms with Crippen LogP contribution >= 0.6 is 11.8 Å². The first-order valence-corrected chi connectivity index (χ1v) is 10.6. The molecular formula is C22H19F3N2O5S. The highest BCUT2D eigenvalue weighted by molar-refractivity contribution is 8.18. The highest BCUT2D eigenvalue weighted by Crippen LogP contribution is 2.34. The maximum atomic E-state index is 13.7. The van der Waals surface area contributed by atoms with Crippen LogP contribution in [0.15, 0.2) is 35.2 Å². The Morgan fingerprint density at radius 3 is 2.42 bits per heavy atom. The largest absolute Gasteiger partial charge is 0.490 e. The lowest BCUT2D eigenvalue weighted by atomic mass is 10.2. The van der Waals surface area contributed by atoms with Gasteiger partial charge in [0.2, 0.25) is 5.91 Å². The van der Waals surface area contributed by atoms with E-state index in [4.69, 9.17) is 9.47 Å². The van der Waals surface area contributed by atoms with Crippen molar-refractivity contribution in [3.63, 3.8) is 0 Å². The van der Waals surface area contributed by atoms with E-state index in [2.05, 4.69) is 0 Å². The molecule has 1 N–H and O–H groups in total. The quantitative estimate of drug-likeness (QED) is 0.440. The molecule has 1 aliphatic heterocycles. The summed E-state index contributed by atoms with van der Waals surface area (Å²) < 4.78 is 51.1. The Morgan fingerprint density at radius 2 is 1.73 bits per heavy atom. The zero-order valence-corrected chi connectivity index (χ0v) is 18.4. The van der Waals surface area contributed by atoms with Crippen LogP contribution in [0.2, 0.25) is 0 Å². The van der Waals surface area contributed by atoms with Gasteiger partial charge in [-0.05, 0) is 61.5 Å². The second-order valence-electron chi connectivity index (χ2n) is 6.61. The Bertz CT molecular complexity index is 1140. The molecule has 33 heavy (non-hydrogen) atoms. The first-order valence-electron chi connectivity index (χ1n) is 9.83. The molecule has 0 bridgehead atoms. The number of ether oxygens (including phenoxy) is 2. The summed E-state index contributed by atoms with van der Waals surface area (Å²) in [6.07, 6.45) is 1.47. The minimum Gasteiger partial charge on any atom is -0.490 e. The lowest BCUT2D eigenvalue weighted by Gasteiger charge is -2.13. The third kappa shape index (κ3) is 5.48. The van der Waals surface area contributed by atoms with Gasteiger partial charge < -0.3 is 14.8 Å². The van der Waals surface area contributed by atoms with E-state index in [1.165, 1.54) is 6.08 Å². The third-order valence-electron chi connectivity index (χ3n) is 4.35. The summed E-state index contributed by atoms with van der Waals surface area (Å²) >= 11 is 0.629. The molecule has 1 saturated heterocycles. The number of amides is 3. The monoisotopic (exact) mass is 480 g/mol. The highest BCUT2D eigenvalue weighted by Gasteiger charge is 2.36. The number of nitrogens with one attached hydrogen (secondary N) is 1. The van der Waals surface area contributed by atoms with Gasteiger partial charge in [-0.2, -0.15) is 0 Å². The van der Waals surface area contributed by atoms with E-state index >= 15 is 0 Å². The van der Waals surface area contributed by atoms with Crippen molar-refractivity contribution in [1.29, 1.82) is 0 Å². The predicted octanol–water partition coefficient (Wildman–Crippen LogP) is 4.58. The molecule has 2 aromatic carbocycles. The molecule has 7 nitrogen and oxygen atoms in total. The third-order valence-corrected chi connectivity index (χ3v) is 5.26. The van der Waals surface area contributed by atoms with Crippen LogP contribution in [0.1, 0.15) is 19.4 Å². The second-order valence-corrected chi connectivity index (χ2v) is 7.60. The maximum Gasteiger partial charge on any atom is 0.294 e. The maximum absolute atomic E-state index is 13.7. The summed E-state index contributed by atoms with van der Waals surface area (Å²) in [5, 5.41) is 1.32. The van der Waals surface area contributed by atoms with Crippen LogP contribution in [0.5, 0.6) is 11.5 Å². The van der Waals surface area contributed by atoms with Gasteiger partial charge in [-0.1, -0.05) is 6.07 Å². The summed E-state index contributed by atoms with van der Waals surface area (Å²) in [6, 6.07) is 6.49. The van der Waals surface area contributed by atoms with E-state index in [1.807, 2.05) is 19.2 Å². The minimum atomic E-state index is -1.75. The Kier molecular flexibility index (Phi) is 7.64. The van der Waals surface area contributed by atoms with Gasteiger partial charge in [-0.25, -0.2) is 13.2 Å². The number of benzene rings is 2. The molecule has 0 aromatic heterocycles. The fourth-order valence-corrected chi connectivity index (χ4v) is 3.74. The summed E-state index contributed by atoms with van der Waals surface area (Å²) in [5.74, 6) is -5.42. The number of hydrogen-bond acceptors (Lipinski definition) is 6. The van der Waals surface area contributed by atoms with Gasteiger partial charge in [0.25, 0.3) is 11.1 Å². The Morgan fingerprint density at radius 1 is 1.03 bits per heavy atom. The van der Waals surface area contributed by atoms with E-state index in [0.29, 0.717) is 53.0 Å². The van der Waals surface area contributed by atoms with Crippen LogP contribution in [0, 0.1) is 17.5 Å². The highest BCUT2D eigenvalue weighted by atomic mass is 32.2. The standard InChI is InChI=1S/C22H19F3N2O5S/c1-3-31-15-8-5-12(9-16(15)32-4-2)10-17-21(29)27(22(30)33-17)11-18(28)26-14-7-6-13(23)19(24)20(14)25/h5-10H,3-4,11H2,1-2H3,(H,26,28)/b17-10+. The Hall–Kier alpha value is -3.47. The van der Waals surface area contributed by atoms with Crippen molar-refractivity contribution in [2.75, 3.05) is 25.1 Å². The van der Waals surface area contributed by atoms with Crippen LogP contribution in [-0.2, 0) is 9.59 Å². The number of hydrogen-bond donors (Lipinski definition) is 1. The van der Waals surface area contributed by atoms with E-state index in [-0.39, 0.29) is 4.91 Å². The number of nitrogens with zero attached hydrogens (tertiary/aromatic N) is 1. The average Bonchev–Trinajstić information content (AvgIpc) is 3.03. The number of thioether (sulfide) groups is 1. The number of carbonyl (C=O) groups excluding carboxylic acids is 3. The molecule has 0 atom stereocenters. The predicted molar refractivity (Wildman–Crippen MR) is 116 cm³/mol. The molecule has 3 rings (SSSR count). The fourth-order valence-electron chi connectivity index (χ4n) is 2.90. The van der Waals surface area contributed by atoms with Gasteiger partial charge in [-0.15, -0.1) is 0 Å². The number of anilines is 1. The summed E-state index contributed by atoms with van der Waals surface area (Å²) in [7, 11) is 0. The second kappa shape index (κ2) is 10.4. The molecule has 0 aliphatic carbocycles. The van der Waals surface area contributed by atoms with Crippen molar-refractivity contribution in [3.05, 3.63) is 58.3 Å². The van der Waals surface area contributed by atoms with Gasteiger partial charge in [0.1, 0.15) is 6.54 Å². The van der Waals surface area contributed by atoms with Crippen LogP contribution < -0.4 is 14.8 Å². The molecule has 11 heteroatoms. The molecule has 1 heterocycles. The summed E-state index contributed by atoms with van der Waals surface area (Å²) in [5.41, 5.74) is -0.0417. The SMILES string of the molecule is CCOc1ccc(/C=C2/SC(=O)N(CC(=O)Nc3ccc(F)c(F)c3F)C2=O)cc1OCC. The van der Waals surface area contributed by atoms with E-state index < -0.39 is 46.7 Å². The lowest BCUT2D eigenvalue weighted by molar-refractivity contribution is -0.127. The molecule has 0 radical (unpaired) electrons. The van der Waals surface area contributed by atoms with Gasteiger partial charge in [0, 0.05) is 0 Å².